The Hall–Kier alpha value is -2.76. The van der Waals surface area contributed by atoms with Gasteiger partial charge >= 0.3 is 0 Å². The minimum absolute atomic E-state index is 0.139. The zero-order chi connectivity index (χ0) is 20.6. The Bertz CT molecular complexity index is 1160. The number of sulfonamides is 1. The second-order valence-corrected chi connectivity index (χ2v) is 9.90. The van der Waals surface area contributed by atoms with E-state index >= 15 is 0 Å². The Labute approximate surface area is 172 Å². The molecule has 1 aliphatic rings. The van der Waals surface area contributed by atoms with Crippen molar-refractivity contribution in [3.63, 3.8) is 0 Å². The monoisotopic (exact) mass is 404 g/mol. The maximum absolute atomic E-state index is 11.6. The van der Waals surface area contributed by atoms with Gasteiger partial charge in [0.2, 0.25) is 10.0 Å². The summed E-state index contributed by atoms with van der Waals surface area (Å²) in [6, 6.07) is 21.3. The third-order valence-electron chi connectivity index (χ3n) is 5.40. The zero-order valence-electron chi connectivity index (χ0n) is 16.6. The van der Waals surface area contributed by atoms with Gasteiger partial charge in [0.05, 0.1) is 10.6 Å². The molecule has 0 spiro atoms. The first kappa shape index (κ1) is 19.6. The Kier molecular flexibility index (Phi) is 4.89. The molecule has 0 unspecified atom stereocenters. The van der Waals surface area contributed by atoms with Crippen molar-refractivity contribution in [2.75, 3.05) is 0 Å². The molecule has 0 bridgehead atoms. The highest BCUT2D eigenvalue weighted by atomic mass is 32.2. The summed E-state index contributed by atoms with van der Waals surface area (Å²) < 4.78 is 23.1. The van der Waals surface area contributed by atoms with Crippen molar-refractivity contribution < 1.29 is 8.42 Å². The van der Waals surface area contributed by atoms with Crippen LogP contribution in [0.2, 0.25) is 0 Å². The molecule has 0 saturated heterocycles. The van der Waals surface area contributed by atoms with Crippen molar-refractivity contribution in [1.29, 1.82) is 0 Å². The van der Waals surface area contributed by atoms with Crippen LogP contribution in [0.4, 0.5) is 0 Å². The van der Waals surface area contributed by atoms with Gasteiger partial charge in [-0.15, -0.1) is 0 Å². The highest BCUT2D eigenvalue weighted by molar-refractivity contribution is 7.89. The lowest BCUT2D eigenvalue weighted by molar-refractivity contribution is 0.406. The van der Waals surface area contributed by atoms with Crippen molar-refractivity contribution in [1.82, 2.24) is 4.98 Å². The third-order valence-corrected chi connectivity index (χ3v) is 6.33. The van der Waals surface area contributed by atoms with Gasteiger partial charge in [-0.05, 0) is 64.8 Å². The van der Waals surface area contributed by atoms with Gasteiger partial charge in [0.25, 0.3) is 0 Å². The summed E-state index contributed by atoms with van der Waals surface area (Å²) in [4.78, 5) is 4.56. The van der Waals surface area contributed by atoms with Crippen LogP contribution in [0.15, 0.2) is 77.8 Å². The fraction of sp³-hybridized carbons (Fsp3) is 0.208. The lowest BCUT2D eigenvalue weighted by Gasteiger charge is -2.17. The molecule has 1 aromatic heterocycles. The fourth-order valence-corrected chi connectivity index (χ4v) is 4.52. The van der Waals surface area contributed by atoms with Crippen molar-refractivity contribution in [3.05, 3.63) is 84.1 Å². The Morgan fingerprint density at radius 1 is 0.793 bits per heavy atom. The normalized spacial score (nSPS) is 16.2. The number of nitrogens with zero attached hydrogens (tertiary/aromatic N) is 1. The van der Waals surface area contributed by atoms with Crippen LogP contribution >= 0.6 is 0 Å². The first-order chi connectivity index (χ1) is 13.7. The molecule has 29 heavy (non-hydrogen) atoms. The van der Waals surface area contributed by atoms with Crippen LogP contribution in [0.5, 0.6) is 0 Å². The van der Waals surface area contributed by atoms with E-state index in [0.29, 0.717) is 0 Å². The summed E-state index contributed by atoms with van der Waals surface area (Å²) in [5.74, 6) is 0. The summed E-state index contributed by atoms with van der Waals surface area (Å²) in [7, 11) is -3.68. The van der Waals surface area contributed by atoms with Gasteiger partial charge in [0.15, 0.2) is 0 Å². The van der Waals surface area contributed by atoms with Gasteiger partial charge in [0, 0.05) is 11.8 Å². The van der Waals surface area contributed by atoms with Crippen LogP contribution in [0.3, 0.4) is 0 Å². The molecule has 0 amide bonds. The molecule has 4 nitrogen and oxygen atoms in total. The summed E-state index contributed by atoms with van der Waals surface area (Å²) in [6.45, 7) is 4.53. The molecule has 2 aromatic carbocycles. The average molecular weight is 405 g/mol. The van der Waals surface area contributed by atoms with Gasteiger partial charge in [-0.1, -0.05) is 56.3 Å². The molecule has 5 heteroatoms. The van der Waals surface area contributed by atoms with Crippen LogP contribution in [0.1, 0.15) is 37.8 Å². The standard InChI is InChI=1S/C24H24N2O2S/c1-24(2)15-21(17-6-8-19(9-7-17)23-5-3-4-14-26-23)22(16-24)18-10-12-20(13-11-18)29(25,27)28/h3-14H,15-16H2,1-2H3,(H2,25,27,28). The molecule has 2 N–H and O–H groups in total. The first-order valence-electron chi connectivity index (χ1n) is 9.60. The second kappa shape index (κ2) is 7.25. The molecular formula is C24H24N2O2S. The minimum Gasteiger partial charge on any atom is -0.256 e. The highest BCUT2D eigenvalue weighted by Crippen LogP contribution is 2.49. The topological polar surface area (TPSA) is 73.0 Å². The van der Waals surface area contributed by atoms with E-state index in [0.717, 1.165) is 29.7 Å². The SMILES string of the molecule is CC1(C)CC(c2ccc(-c3ccccn3)cc2)=C(c2ccc(S(N)(=O)=O)cc2)C1. The smallest absolute Gasteiger partial charge is 0.238 e. The lowest BCUT2D eigenvalue weighted by atomic mass is 9.87. The van der Waals surface area contributed by atoms with E-state index in [4.69, 9.17) is 5.14 Å². The van der Waals surface area contributed by atoms with E-state index in [1.165, 1.54) is 16.7 Å². The summed E-state index contributed by atoms with van der Waals surface area (Å²) in [6.07, 6.45) is 3.72. The van der Waals surface area contributed by atoms with E-state index in [2.05, 4.69) is 43.1 Å². The number of allylic oxidation sites excluding steroid dienone is 2. The molecule has 0 fully saturated rings. The quantitative estimate of drug-likeness (QED) is 0.655. The predicted molar refractivity (Wildman–Crippen MR) is 117 cm³/mol. The van der Waals surface area contributed by atoms with Gasteiger partial charge < -0.3 is 0 Å². The number of benzene rings is 2. The van der Waals surface area contributed by atoms with Crippen molar-refractivity contribution in [3.8, 4) is 11.3 Å². The molecule has 1 aliphatic carbocycles. The molecule has 148 valence electrons. The van der Waals surface area contributed by atoms with E-state index in [9.17, 15) is 8.42 Å². The highest BCUT2D eigenvalue weighted by Gasteiger charge is 2.32. The molecule has 0 radical (unpaired) electrons. The van der Waals surface area contributed by atoms with E-state index in [1.807, 2.05) is 30.3 Å². The van der Waals surface area contributed by atoms with Crippen molar-refractivity contribution >= 4 is 21.2 Å². The average Bonchev–Trinajstić information content (AvgIpc) is 3.04. The molecule has 1 heterocycles. The maximum Gasteiger partial charge on any atom is 0.238 e. The summed E-state index contributed by atoms with van der Waals surface area (Å²) in [5, 5.41) is 5.24. The summed E-state index contributed by atoms with van der Waals surface area (Å²) in [5.41, 5.74) is 7.02. The Morgan fingerprint density at radius 2 is 1.31 bits per heavy atom. The number of hydrogen-bond acceptors (Lipinski definition) is 3. The molecule has 3 aromatic rings. The van der Waals surface area contributed by atoms with Crippen LogP contribution in [0, 0.1) is 5.41 Å². The van der Waals surface area contributed by atoms with E-state index < -0.39 is 10.0 Å². The number of aromatic nitrogens is 1. The van der Waals surface area contributed by atoms with Crippen LogP contribution in [0.25, 0.3) is 22.4 Å². The van der Waals surface area contributed by atoms with Crippen molar-refractivity contribution in [2.24, 2.45) is 10.6 Å². The van der Waals surface area contributed by atoms with Crippen LogP contribution in [-0.4, -0.2) is 13.4 Å². The van der Waals surface area contributed by atoms with Gasteiger partial charge in [-0.2, -0.15) is 0 Å². The second-order valence-electron chi connectivity index (χ2n) is 8.34. The lowest BCUT2D eigenvalue weighted by Crippen LogP contribution is -2.11. The Balaban J connectivity index is 1.73. The number of rotatable bonds is 4. The molecule has 4 rings (SSSR count). The van der Waals surface area contributed by atoms with Crippen LogP contribution < -0.4 is 5.14 Å². The zero-order valence-corrected chi connectivity index (χ0v) is 17.4. The number of primary sulfonamides is 1. The van der Waals surface area contributed by atoms with E-state index in [-0.39, 0.29) is 10.3 Å². The molecule has 0 saturated carbocycles. The van der Waals surface area contributed by atoms with Gasteiger partial charge in [-0.25, -0.2) is 13.6 Å². The predicted octanol–water partition coefficient (Wildman–Crippen LogP) is 5.13. The van der Waals surface area contributed by atoms with Crippen molar-refractivity contribution in [2.45, 2.75) is 31.6 Å². The molecule has 0 atom stereocenters. The molecule has 0 aliphatic heterocycles. The first-order valence-corrected chi connectivity index (χ1v) is 11.1. The van der Waals surface area contributed by atoms with E-state index in [1.54, 1.807) is 18.3 Å². The number of hydrogen-bond donors (Lipinski definition) is 1. The Morgan fingerprint density at radius 3 is 1.79 bits per heavy atom. The maximum atomic E-state index is 11.6. The minimum atomic E-state index is -3.68. The number of pyridine rings is 1. The fourth-order valence-electron chi connectivity index (χ4n) is 4.01. The van der Waals surface area contributed by atoms with Crippen LogP contribution in [-0.2, 0) is 10.0 Å². The summed E-state index contributed by atoms with van der Waals surface area (Å²) >= 11 is 0. The number of nitrogens with two attached hydrogens (primary N) is 1. The largest absolute Gasteiger partial charge is 0.256 e. The van der Waals surface area contributed by atoms with Gasteiger partial charge in [0.1, 0.15) is 0 Å². The third kappa shape index (κ3) is 4.16. The molecular weight excluding hydrogens is 380 g/mol. The van der Waals surface area contributed by atoms with Gasteiger partial charge in [-0.3, -0.25) is 4.98 Å².